The van der Waals surface area contributed by atoms with Crippen molar-refractivity contribution in [3.05, 3.63) is 35.9 Å². The first-order valence-electron chi connectivity index (χ1n) is 7.57. The van der Waals surface area contributed by atoms with Gasteiger partial charge in [0.05, 0.1) is 5.75 Å². The van der Waals surface area contributed by atoms with Crippen LogP contribution in [0.1, 0.15) is 38.2 Å². The van der Waals surface area contributed by atoms with E-state index in [1.54, 1.807) is 4.31 Å². The number of sulfonamides is 1. The summed E-state index contributed by atoms with van der Waals surface area (Å²) in [6, 6.07) is 9.87. The van der Waals surface area contributed by atoms with Gasteiger partial charge in [-0.25, -0.2) is 12.7 Å². The minimum atomic E-state index is -3.16. The quantitative estimate of drug-likeness (QED) is 0.739. The molecule has 1 aromatic carbocycles. The second-order valence-electron chi connectivity index (χ2n) is 6.00. The average molecular weight is 374 g/mol. The fourth-order valence-electron chi connectivity index (χ4n) is 2.91. The largest absolute Gasteiger partial charge is 0.214 e. The normalized spacial score (nSPS) is 21.1. The summed E-state index contributed by atoms with van der Waals surface area (Å²) >= 11 is 3.61. The monoisotopic (exact) mass is 373 g/mol. The molecule has 3 nitrogen and oxygen atoms in total. The van der Waals surface area contributed by atoms with Crippen molar-refractivity contribution in [1.29, 1.82) is 0 Å². The Labute approximate surface area is 136 Å². The highest BCUT2D eigenvalue weighted by Crippen LogP contribution is 2.27. The predicted octanol–water partition coefficient (Wildman–Crippen LogP) is 3.62. The topological polar surface area (TPSA) is 37.4 Å². The number of hydrogen-bond donors (Lipinski definition) is 0. The zero-order valence-corrected chi connectivity index (χ0v) is 15.1. The molecule has 5 heteroatoms. The van der Waals surface area contributed by atoms with Gasteiger partial charge < -0.3 is 0 Å². The molecule has 21 heavy (non-hydrogen) atoms. The van der Waals surface area contributed by atoms with Crippen molar-refractivity contribution in [3.8, 4) is 0 Å². The van der Waals surface area contributed by atoms with Crippen LogP contribution in [0.5, 0.6) is 0 Å². The fraction of sp³-hybridized carbons (Fsp3) is 0.625. The number of hydrogen-bond acceptors (Lipinski definition) is 2. The Morgan fingerprint density at radius 1 is 1.19 bits per heavy atom. The lowest BCUT2D eigenvalue weighted by Gasteiger charge is -2.33. The summed E-state index contributed by atoms with van der Waals surface area (Å²) in [6.45, 7) is 5.45. The highest BCUT2D eigenvalue weighted by Gasteiger charge is 2.30. The Morgan fingerprint density at radius 3 is 2.29 bits per heavy atom. The lowest BCUT2D eigenvalue weighted by molar-refractivity contribution is 0.274. The van der Waals surface area contributed by atoms with E-state index in [0.717, 1.165) is 18.4 Å². The van der Waals surface area contributed by atoms with Gasteiger partial charge in [0.15, 0.2) is 0 Å². The molecule has 1 heterocycles. The number of alkyl halides is 1. The number of nitrogens with zero attached hydrogens (tertiary/aromatic N) is 1. The first kappa shape index (κ1) is 17.0. The van der Waals surface area contributed by atoms with Crippen LogP contribution in [0.15, 0.2) is 30.3 Å². The van der Waals surface area contributed by atoms with E-state index in [0.29, 0.717) is 23.8 Å². The molecule has 2 unspecified atom stereocenters. The van der Waals surface area contributed by atoms with Crippen molar-refractivity contribution in [2.75, 3.05) is 18.8 Å². The van der Waals surface area contributed by atoms with Gasteiger partial charge in [0.2, 0.25) is 10.0 Å². The fourth-order valence-corrected chi connectivity index (χ4v) is 5.24. The summed E-state index contributed by atoms with van der Waals surface area (Å²) in [6.07, 6.45) is 1.90. The third kappa shape index (κ3) is 4.54. The van der Waals surface area contributed by atoms with Crippen LogP contribution in [0.25, 0.3) is 0 Å². The minimum absolute atomic E-state index is 0.0315. The Balaban J connectivity index is 1.97. The Morgan fingerprint density at radius 2 is 1.76 bits per heavy atom. The van der Waals surface area contributed by atoms with Crippen LogP contribution < -0.4 is 0 Å². The maximum Gasteiger partial charge on any atom is 0.214 e. The highest BCUT2D eigenvalue weighted by atomic mass is 79.9. The molecule has 2 rings (SSSR count). The zero-order chi connectivity index (χ0) is 15.5. The van der Waals surface area contributed by atoms with E-state index in [2.05, 4.69) is 22.9 Å². The second kappa shape index (κ2) is 7.25. The van der Waals surface area contributed by atoms with E-state index in [-0.39, 0.29) is 11.7 Å². The number of halogens is 1. The van der Waals surface area contributed by atoms with Crippen LogP contribution in [-0.2, 0) is 10.0 Å². The Kier molecular flexibility index (Phi) is 5.86. The van der Waals surface area contributed by atoms with Gasteiger partial charge in [0.1, 0.15) is 0 Å². The number of benzene rings is 1. The molecule has 0 N–H and O–H groups in total. The third-order valence-corrected chi connectivity index (χ3v) is 7.19. The molecule has 0 aromatic heterocycles. The molecular formula is C16H24BrNO2S. The summed E-state index contributed by atoms with van der Waals surface area (Å²) < 4.78 is 26.8. The standard InChI is InChI=1S/C16H24BrNO2S/c1-13(15-6-4-3-5-7-15)12-21(19,20)18-10-8-16(9-11-18)14(2)17/h3-7,13-14,16H,8-12H2,1-2H3. The van der Waals surface area contributed by atoms with Gasteiger partial charge in [-0.15, -0.1) is 0 Å². The van der Waals surface area contributed by atoms with Gasteiger partial charge >= 0.3 is 0 Å². The SMILES string of the molecule is CC(CS(=O)(=O)N1CCC(C(C)Br)CC1)c1ccccc1. The summed E-state index contributed by atoms with van der Waals surface area (Å²) in [5.41, 5.74) is 1.09. The van der Waals surface area contributed by atoms with Crippen molar-refractivity contribution in [2.45, 2.75) is 37.4 Å². The predicted molar refractivity (Wildman–Crippen MR) is 91.3 cm³/mol. The van der Waals surface area contributed by atoms with Gasteiger partial charge in [0, 0.05) is 17.9 Å². The van der Waals surface area contributed by atoms with Crippen molar-refractivity contribution >= 4 is 26.0 Å². The van der Waals surface area contributed by atoms with Crippen molar-refractivity contribution in [2.24, 2.45) is 5.92 Å². The number of rotatable bonds is 5. The van der Waals surface area contributed by atoms with Gasteiger partial charge in [-0.1, -0.05) is 60.1 Å². The number of piperidine rings is 1. The van der Waals surface area contributed by atoms with Crippen LogP contribution in [-0.4, -0.2) is 36.4 Å². The van der Waals surface area contributed by atoms with E-state index in [1.165, 1.54) is 0 Å². The summed E-state index contributed by atoms with van der Waals surface area (Å²) in [4.78, 5) is 0.464. The maximum absolute atomic E-state index is 12.6. The summed E-state index contributed by atoms with van der Waals surface area (Å²) in [7, 11) is -3.16. The smallest absolute Gasteiger partial charge is 0.212 e. The molecule has 0 bridgehead atoms. The highest BCUT2D eigenvalue weighted by molar-refractivity contribution is 9.09. The molecule has 0 spiro atoms. The van der Waals surface area contributed by atoms with E-state index < -0.39 is 10.0 Å². The van der Waals surface area contributed by atoms with Gasteiger partial charge in [0.25, 0.3) is 0 Å². The Bertz CT molecular complexity index is 537. The summed E-state index contributed by atoms with van der Waals surface area (Å²) in [5, 5.41) is 0. The molecule has 1 aromatic rings. The third-order valence-electron chi connectivity index (χ3n) is 4.37. The zero-order valence-electron chi connectivity index (χ0n) is 12.7. The molecule has 118 valence electrons. The van der Waals surface area contributed by atoms with Crippen molar-refractivity contribution < 1.29 is 8.42 Å². The van der Waals surface area contributed by atoms with Crippen LogP contribution in [0, 0.1) is 5.92 Å². The van der Waals surface area contributed by atoms with Crippen LogP contribution >= 0.6 is 15.9 Å². The molecule has 1 fully saturated rings. The van der Waals surface area contributed by atoms with Gasteiger partial charge in [-0.05, 0) is 30.2 Å². The lowest BCUT2D eigenvalue weighted by atomic mass is 9.96. The van der Waals surface area contributed by atoms with Crippen LogP contribution in [0.2, 0.25) is 0 Å². The van der Waals surface area contributed by atoms with Crippen LogP contribution in [0.3, 0.4) is 0 Å². The second-order valence-corrected chi connectivity index (χ2v) is 9.46. The molecule has 0 aliphatic carbocycles. The van der Waals surface area contributed by atoms with Crippen molar-refractivity contribution in [3.63, 3.8) is 0 Å². The molecule has 2 atom stereocenters. The molecule has 0 amide bonds. The van der Waals surface area contributed by atoms with Gasteiger partial charge in [-0.2, -0.15) is 0 Å². The average Bonchev–Trinajstić information content (AvgIpc) is 2.48. The molecule has 1 aliphatic heterocycles. The first-order valence-corrected chi connectivity index (χ1v) is 10.1. The van der Waals surface area contributed by atoms with Crippen LogP contribution in [0.4, 0.5) is 0 Å². The Hall–Kier alpha value is -0.390. The lowest BCUT2D eigenvalue weighted by Crippen LogP contribution is -2.41. The first-order chi connectivity index (χ1) is 9.90. The molecule has 1 aliphatic rings. The van der Waals surface area contributed by atoms with Crippen molar-refractivity contribution in [1.82, 2.24) is 4.31 Å². The molecule has 0 radical (unpaired) electrons. The van der Waals surface area contributed by atoms with E-state index in [4.69, 9.17) is 0 Å². The van der Waals surface area contributed by atoms with Gasteiger partial charge in [-0.3, -0.25) is 0 Å². The van der Waals surface area contributed by atoms with E-state index >= 15 is 0 Å². The van der Waals surface area contributed by atoms with E-state index in [1.807, 2.05) is 37.3 Å². The molecular weight excluding hydrogens is 350 g/mol. The van der Waals surface area contributed by atoms with E-state index in [9.17, 15) is 8.42 Å². The maximum atomic E-state index is 12.6. The molecule has 1 saturated heterocycles. The minimum Gasteiger partial charge on any atom is -0.212 e. The molecule has 0 saturated carbocycles. The summed E-state index contributed by atoms with van der Waals surface area (Å²) in [5.74, 6) is 0.818.